The maximum Gasteiger partial charge on any atom is 0.259 e. The van der Waals surface area contributed by atoms with Crippen LogP contribution < -0.4 is 20.7 Å². The summed E-state index contributed by atoms with van der Waals surface area (Å²) in [6, 6.07) is 20.0. The average molecular weight is 416 g/mol. The van der Waals surface area contributed by atoms with Crippen molar-refractivity contribution in [3.63, 3.8) is 0 Å². The first-order valence-corrected chi connectivity index (χ1v) is 10.2. The molecule has 1 unspecified atom stereocenters. The number of rotatable bonds is 6. The zero-order valence-corrected chi connectivity index (χ0v) is 17.0. The van der Waals surface area contributed by atoms with Gasteiger partial charge in [0.1, 0.15) is 17.3 Å². The highest BCUT2D eigenvalue weighted by molar-refractivity contribution is 6.06. The minimum absolute atomic E-state index is 0.156. The molecule has 4 rings (SSSR count). The second-order valence-corrected chi connectivity index (χ2v) is 7.46. The van der Waals surface area contributed by atoms with Crippen LogP contribution in [0.4, 0.5) is 11.5 Å². The fraction of sp³-hybridized carbons (Fsp3) is 0.208. The highest BCUT2D eigenvalue weighted by Crippen LogP contribution is 2.26. The van der Waals surface area contributed by atoms with E-state index in [2.05, 4.69) is 10.3 Å². The number of nitrogens with zero attached hydrogens (tertiary/aromatic N) is 2. The van der Waals surface area contributed by atoms with Crippen LogP contribution >= 0.6 is 0 Å². The summed E-state index contributed by atoms with van der Waals surface area (Å²) >= 11 is 0. The predicted octanol–water partition coefficient (Wildman–Crippen LogP) is 3.83. The Morgan fingerprint density at radius 2 is 1.81 bits per heavy atom. The zero-order valence-electron chi connectivity index (χ0n) is 17.0. The topological polar surface area (TPSA) is 97.6 Å². The molecule has 1 saturated heterocycles. The SMILES string of the molecule is NC(=O)C1CCCN(c2ccc(NC(=O)c3ccccc3Oc3ccccc3)cn2)C1. The summed E-state index contributed by atoms with van der Waals surface area (Å²) < 4.78 is 5.88. The molecule has 3 aromatic rings. The number of piperidine rings is 1. The van der Waals surface area contributed by atoms with E-state index < -0.39 is 0 Å². The molecular weight excluding hydrogens is 392 g/mol. The third-order valence-electron chi connectivity index (χ3n) is 5.26. The van der Waals surface area contributed by atoms with Crippen LogP contribution in [-0.2, 0) is 4.79 Å². The van der Waals surface area contributed by atoms with E-state index >= 15 is 0 Å². The molecule has 7 nitrogen and oxygen atoms in total. The lowest BCUT2D eigenvalue weighted by molar-refractivity contribution is -0.122. The molecule has 1 aliphatic heterocycles. The molecule has 1 aromatic heterocycles. The van der Waals surface area contributed by atoms with Gasteiger partial charge in [0.25, 0.3) is 5.91 Å². The van der Waals surface area contributed by atoms with Crippen molar-refractivity contribution in [1.29, 1.82) is 0 Å². The average Bonchev–Trinajstić information content (AvgIpc) is 2.80. The predicted molar refractivity (Wildman–Crippen MR) is 119 cm³/mol. The van der Waals surface area contributed by atoms with Gasteiger partial charge in [-0.25, -0.2) is 4.98 Å². The molecule has 1 atom stereocenters. The lowest BCUT2D eigenvalue weighted by atomic mass is 9.97. The Morgan fingerprint density at radius 1 is 1.03 bits per heavy atom. The third-order valence-corrected chi connectivity index (χ3v) is 5.26. The summed E-state index contributed by atoms with van der Waals surface area (Å²) in [6.07, 6.45) is 3.32. The molecule has 158 valence electrons. The number of hydrogen-bond acceptors (Lipinski definition) is 5. The first kappa shape index (κ1) is 20.4. The van der Waals surface area contributed by atoms with Crippen LogP contribution in [0.15, 0.2) is 72.9 Å². The van der Waals surface area contributed by atoms with Gasteiger partial charge < -0.3 is 20.7 Å². The van der Waals surface area contributed by atoms with E-state index in [1.54, 1.807) is 30.5 Å². The summed E-state index contributed by atoms with van der Waals surface area (Å²) in [5.41, 5.74) is 6.46. The van der Waals surface area contributed by atoms with Crippen molar-refractivity contribution < 1.29 is 14.3 Å². The molecular formula is C24H24N4O3. The molecule has 0 aliphatic carbocycles. The molecule has 0 spiro atoms. The van der Waals surface area contributed by atoms with E-state index in [0.29, 0.717) is 29.3 Å². The molecule has 1 aliphatic rings. The maximum absolute atomic E-state index is 12.8. The summed E-state index contributed by atoms with van der Waals surface area (Å²) in [7, 11) is 0. The number of benzene rings is 2. The van der Waals surface area contributed by atoms with Crippen LogP contribution in [0.1, 0.15) is 23.2 Å². The Balaban J connectivity index is 1.44. The number of hydrogen-bond donors (Lipinski definition) is 2. The van der Waals surface area contributed by atoms with Gasteiger partial charge in [0.15, 0.2) is 0 Å². The Morgan fingerprint density at radius 3 is 2.55 bits per heavy atom. The number of nitrogens with two attached hydrogens (primary N) is 1. The number of anilines is 2. The quantitative estimate of drug-likeness (QED) is 0.637. The van der Waals surface area contributed by atoms with Gasteiger partial charge in [-0.1, -0.05) is 30.3 Å². The Hall–Kier alpha value is -3.87. The van der Waals surface area contributed by atoms with Gasteiger partial charge in [0, 0.05) is 13.1 Å². The molecule has 0 bridgehead atoms. The van der Waals surface area contributed by atoms with Gasteiger partial charge in [-0.15, -0.1) is 0 Å². The smallest absolute Gasteiger partial charge is 0.259 e. The normalized spacial score (nSPS) is 15.9. The van der Waals surface area contributed by atoms with Crippen molar-refractivity contribution in [3.05, 3.63) is 78.5 Å². The second-order valence-electron chi connectivity index (χ2n) is 7.46. The van der Waals surface area contributed by atoms with Crippen molar-refractivity contribution >= 4 is 23.3 Å². The second kappa shape index (κ2) is 9.30. The van der Waals surface area contributed by atoms with E-state index in [1.165, 1.54) is 0 Å². The van der Waals surface area contributed by atoms with Crippen molar-refractivity contribution in [2.75, 3.05) is 23.3 Å². The fourth-order valence-corrected chi connectivity index (χ4v) is 3.62. The minimum Gasteiger partial charge on any atom is -0.457 e. The summed E-state index contributed by atoms with van der Waals surface area (Å²) in [6.45, 7) is 1.39. The number of nitrogens with one attached hydrogen (secondary N) is 1. The van der Waals surface area contributed by atoms with E-state index in [9.17, 15) is 9.59 Å². The van der Waals surface area contributed by atoms with Gasteiger partial charge in [0.05, 0.1) is 23.4 Å². The first-order chi connectivity index (χ1) is 15.1. The number of amides is 2. The number of pyridine rings is 1. The molecule has 2 amide bonds. The minimum atomic E-state index is -0.284. The van der Waals surface area contributed by atoms with Crippen LogP contribution in [0.25, 0.3) is 0 Å². The van der Waals surface area contributed by atoms with Crippen molar-refractivity contribution in [3.8, 4) is 11.5 Å². The van der Waals surface area contributed by atoms with Gasteiger partial charge in [-0.3, -0.25) is 9.59 Å². The van der Waals surface area contributed by atoms with E-state index in [-0.39, 0.29) is 17.7 Å². The molecule has 1 fully saturated rings. The third kappa shape index (κ3) is 5.01. The van der Waals surface area contributed by atoms with Crippen LogP contribution in [0.2, 0.25) is 0 Å². The lowest BCUT2D eigenvalue weighted by Crippen LogP contribution is -2.41. The Kier molecular flexibility index (Phi) is 6.12. The molecule has 0 saturated carbocycles. The molecule has 0 radical (unpaired) electrons. The van der Waals surface area contributed by atoms with Gasteiger partial charge >= 0.3 is 0 Å². The van der Waals surface area contributed by atoms with Crippen LogP contribution in [0.5, 0.6) is 11.5 Å². The van der Waals surface area contributed by atoms with Gasteiger partial charge in [-0.05, 0) is 49.2 Å². The highest BCUT2D eigenvalue weighted by atomic mass is 16.5. The summed E-state index contributed by atoms with van der Waals surface area (Å²) in [5.74, 6) is 1.18. The van der Waals surface area contributed by atoms with Crippen LogP contribution in [0.3, 0.4) is 0 Å². The number of carbonyl (C=O) groups is 2. The summed E-state index contributed by atoms with van der Waals surface area (Å²) in [5, 5.41) is 2.87. The number of ether oxygens (including phenoxy) is 1. The van der Waals surface area contributed by atoms with Gasteiger partial charge in [-0.2, -0.15) is 0 Å². The maximum atomic E-state index is 12.8. The number of primary amides is 1. The van der Waals surface area contributed by atoms with E-state index in [1.807, 2.05) is 47.4 Å². The molecule has 3 N–H and O–H groups in total. The van der Waals surface area contributed by atoms with E-state index in [0.717, 1.165) is 25.2 Å². The number of para-hydroxylation sites is 2. The highest BCUT2D eigenvalue weighted by Gasteiger charge is 2.24. The molecule has 2 heterocycles. The molecule has 2 aromatic carbocycles. The number of carbonyl (C=O) groups excluding carboxylic acids is 2. The number of aromatic nitrogens is 1. The van der Waals surface area contributed by atoms with Crippen molar-refractivity contribution in [2.45, 2.75) is 12.8 Å². The largest absolute Gasteiger partial charge is 0.457 e. The van der Waals surface area contributed by atoms with Crippen molar-refractivity contribution in [2.24, 2.45) is 11.7 Å². The monoisotopic (exact) mass is 416 g/mol. The van der Waals surface area contributed by atoms with Crippen molar-refractivity contribution in [1.82, 2.24) is 4.98 Å². The first-order valence-electron chi connectivity index (χ1n) is 10.2. The van der Waals surface area contributed by atoms with Crippen LogP contribution in [-0.4, -0.2) is 29.9 Å². The summed E-state index contributed by atoms with van der Waals surface area (Å²) in [4.78, 5) is 30.9. The Labute approximate surface area is 180 Å². The zero-order chi connectivity index (χ0) is 21.6. The fourth-order valence-electron chi connectivity index (χ4n) is 3.62. The molecule has 7 heteroatoms. The molecule has 31 heavy (non-hydrogen) atoms. The Bertz CT molecular complexity index is 1050. The van der Waals surface area contributed by atoms with E-state index in [4.69, 9.17) is 10.5 Å². The van der Waals surface area contributed by atoms with Crippen LogP contribution in [0, 0.1) is 5.92 Å². The standard InChI is InChI=1S/C24H24N4O3/c25-23(29)17-7-6-14-28(16-17)22-13-12-18(15-26-22)27-24(30)20-10-4-5-11-21(20)31-19-8-2-1-3-9-19/h1-5,8-13,15,17H,6-7,14,16H2,(H2,25,29)(H,27,30). The van der Waals surface area contributed by atoms with Gasteiger partial charge in [0.2, 0.25) is 5.91 Å². The lowest BCUT2D eigenvalue weighted by Gasteiger charge is -2.32.